The van der Waals surface area contributed by atoms with Crippen molar-refractivity contribution >= 4 is 11.8 Å². The number of carbonyl (C=O) groups excluding carboxylic acids is 2. The predicted molar refractivity (Wildman–Crippen MR) is 73.4 cm³/mol. The minimum absolute atomic E-state index is 0.0111. The summed E-state index contributed by atoms with van der Waals surface area (Å²) in [4.78, 5) is 23.2. The molecule has 4 heteroatoms. The summed E-state index contributed by atoms with van der Waals surface area (Å²) in [7, 11) is 0. The van der Waals surface area contributed by atoms with Gasteiger partial charge in [-0.25, -0.2) is 0 Å². The van der Waals surface area contributed by atoms with Crippen molar-refractivity contribution in [2.45, 2.75) is 32.7 Å². The lowest BCUT2D eigenvalue weighted by Gasteiger charge is -2.23. The van der Waals surface area contributed by atoms with Crippen molar-refractivity contribution in [2.24, 2.45) is 5.92 Å². The number of hydrogen-bond acceptors (Lipinski definition) is 2. The normalized spacial score (nSPS) is 14.6. The van der Waals surface area contributed by atoms with Gasteiger partial charge in [0.2, 0.25) is 11.8 Å². The summed E-state index contributed by atoms with van der Waals surface area (Å²) in [6.45, 7) is 2.59. The van der Waals surface area contributed by atoms with E-state index in [-0.39, 0.29) is 24.3 Å². The third kappa shape index (κ3) is 4.09. The smallest absolute Gasteiger partial charge is 0.239 e. The lowest BCUT2D eigenvalue weighted by Crippen LogP contribution is -2.41. The van der Waals surface area contributed by atoms with Crippen LogP contribution in [0.25, 0.3) is 0 Å². The Labute approximate surface area is 113 Å². The van der Waals surface area contributed by atoms with E-state index in [0.29, 0.717) is 6.54 Å². The van der Waals surface area contributed by atoms with Crippen LogP contribution in [0, 0.1) is 12.8 Å². The van der Waals surface area contributed by atoms with Gasteiger partial charge in [-0.1, -0.05) is 36.2 Å². The van der Waals surface area contributed by atoms with Gasteiger partial charge in [-0.15, -0.1) is 0 Å². The van der Waals surface area contributed by atoms with Crippen LogP contribution in [0.15, 0.2) is 24.3 Å². The highest BCUT2D eigenvalue weighted by molar-refractivity contribution is 5.86. The predicted octanol–water partition coefficient (Wildman–Crippen LogP) is 1.53. The summed E-state index contributed by atoms with van der Waals surface area (Å²) in [5, 5.41) is 5.48. The zero-order valence-electron chi connectivity index (χ0n) is 11.2. The Bertz CT molecular complexity index is 467. The van der Waals surface area contributed by atoms with Gasteiger partial charge in [0, 0.05) is 12.5 Å². The molecule has 2 rings (SSSR count). The molecule has 1 saturated carbocycles. The molecule has 1 fully saturated rings. The third-order valence-electron chi connectivity index (χ3n) is 3.47. The number of aryl methyl sites for hydroxylation is 1. The Morgan fingerprint density at radius 3 is 2.68 bits per heavy atom. The molecule has 1 aliphatic rings. The maximum Gasteiger partial charge on any atom is 0.239 e. The van der Waals surface area contributed by atoms with Gasteiger partial charge in [0.25, 0.3) is 0 Å². The van der Waals surface area contributed by atoms with Crippen LogP contribution in [0.2, 0.25) is 0 Å². The lowest BCUT2D eigenvalue weighted by molar-refractivity contribution is -0.130. The number of nitrogens with one attached hydrogen (secondary N) is 2. The van der Waals surface area contributed by atoms with Crippen LogP contribution in [0.3, 0.4) is 0 Å². The molecule has 0 spiro atoms. The second-order valence-corrected chi connectivity index (χ2v) is 5.11. The van der Waals surface area contributed by atoms with E-state index in [1.54, 1.807) is 0 Å². The Kier molecular flexibility index (Phi) is 4.55. The summed E-state index contributed by atoms with van der Waals surface area (Å²) in [6.07, 6.45) is 3.03. The summed E-state index contributed by atoms with van der Waals surface area (Å²) < 4.78 is 0. The van der Waals surface area contributed by atoms with E-state index in [1.807, 2.05) is 31.2 Å². The summed E-state index contributed by atoms with van der Waals surface area (Å²) in [5.41, 5.74) is 2.24. The molecule has 1 aliphatic carbocycles. The average Bonchev–Trinajstić information content (AvgIpc) is 2.32. The first-order chi connectivity index (χ1) is 9.15. The maximum absolute atomic E-state index is 11.6. The molecule has 4 nitrogen and oxygen atoms in total. The number of rotatable bonds is 5. The molecule has 0 unspecified atom stereocenters. The monoisotopic (exact) mass is 260 g/mol. The van der Waals surface area contributed by atoms with Gasteiger partial charge in [0.15, 0.2) is 0 Å². The second-order valence-electron chi connectivity index (χ2n) is 5.11. The molecule has 19 heavy (non-hydrogen) atoms. The van der Waals surface area contributed by atoms with Crippen LogP contribution in [0.1, 0.15) is 30.4 Å². The molecule has 2 N–H and O–H groups in total. The quantitative estimate of drug-likeness (QED) is 0.843. The van der Waals surface area contributed by atoms with Crippen molar-refractivity contribution in [3.63, 3.8) is 0 Å². The molecule has 0 aliphatic heterocycles. The van der Waals surface area contributed by atoms with Crippen LogP contribution in [0.4, 0.5) is 0 Å². The Morgan fingerprint density at radius 1 is 1.26 bits per heavy atom. The van der Waals surface area contributed by atoms with E-state index in [1.165, 1.54) is 5.56 Å². The fraction of sp³-hybridized carbons (Fsp3) is 0.467. The van der Waals surface area contributed by atoms with Gasteiger partial charge in [-0.3, -0.25) is 9.59 Å². The van der Waals surface area contributed by atoms with Crippen LogP contribution in [0.5, 0.6) is 0 Å². The number of benzene rings is 1. The summed E-state index contributed by atoms with van der Waals surface area (Å²) in [6, 6.07) is 7.99. The van der Waals surface area contributed by atoms with Crippen LogP contribution in [-0.4, -0.2) is 18.4 Å². The molecule has 2 amide bonds. The van der Waals surface area contributed by atoms with E-state index >= 15 is 0 Å². The van der Waals surface area contributed by atoms with Gasteiger partial charge in [0.1, 0.15) is 0 Å². The topological polar surface area (TPSA) is 58.2 Å². The number of carbonyl (C=O) groups is 2. The Hall–Kier alpha value is -1.84. The van der Waals surface area contributed by atoms with Crippen LogP contribution >= 0.6 is 0 Å². The zero-order valence-corrected chi connectivity index (χ0v) is 11.2. The van der Waals surface area contributed by atoms with E-state index in [2.05, 4.69) is 10.6 Å². The first-order valence-electron chi connectivity index (χ1n) is 6.75. The minimum atomic E-state index is -0.144. The second kappa shape index (κ2) is 6.36. The van der Waals surface area contributed by atoms with Gasteiger partial charge in [-0.05, 0) is 25.3 Å². The highest BCUT2D eigenvalue weighted by Crippen LogP contribution is 2.25. The van der Waals surface area contributed by atoms with Crippen molar-refractivity contribution in [3.8, 4) is 0 Å². The zero-order chi connectivity index (χ0) is 13.7. The molecular formula is C15H20N2O2. The van der Waals surface area contributed by atoms with E-state index < -0.39 is 0 Å². The van der Waals surface area contributed by atoms with E-state index in [9.17, 15) is 9.59 Å². The molecule has 1 aromatic carbocycles. The molecule has 0 heterocycles. The van der Waals surface area contributed by atoms with Crippen molar-refractivity contribution in [1.82, 2.24) is 10.6 Å². The van der Waals surface area contributed by atoms with E-state index in [0.717, 1.165) is 24.8 Å². The maximum atomic E-state index is 11.6. The van der Waals surface area contributed by atoms with Crippen LogP contribution in [-0.2, 0) is 16.1 Å². The molecule has 1 aromatic rings. The summed E-state index contributed by atoms with van der Waals surface area (Å²) >= 11 is 0. The van der Waals surface area contributed by atoms with Crippen molar-refractivity contribution in [3.05, 3.63) is 35.4 Å². The van der Waals surface area contributed by atoms with E-state index in [4.69, 9.17) is 0 Å². The lowest BCUT2D eigenvalue weighted by atomic mass is 9.85. The fourth-order valence-electron chi connectivity index (χ4n) is 2.07. The number of hydrogen-bond donors (Lipinski definition) is 2. The largest absolute Gasteiger partial charge is 0.350 e. The van der Waals surface area contributed by atoms with Crippen molar-refractivity contribution in [1.29, 1.82) is 0 Å². The first-order valence-corrected chi connectivity index (χ1v) is 6.75. The SMILES string of the molecule is Cc1cccc(CNC(=O)CNC(=O)C2CCC2)c1. The van der Waals surface area contributed by atoms with Crippen molar-refractivity contribution < 1.29 is 9.59 Å². The Balaban J connectivity index is 1.68. The first kappa shape index (κ1) is 13.6. The third-order valence-corrected chi connectivity index (χ3v) is 3.47. The van der Waals surface area contributed by atoms with Gasteiger partial charge in [0.05, 0.1) is 6.54 Å². The molecular weight excluding hydrogens is 240 g/mol. The molecule has 0 saturated heterocycles. The molecule has 0 bridgehead atoms. The van der Waals surface area contributed by atoms with Crippen LogP contribution < -0.4 is 10.6 Å². The fourth-order valence-corrected chi connectivity index (χ4v) is 2.07. The highest BCUT2D eigenvalue weighted by Gasteiger charge is 2.25. The highest BCUT2D eigenvalue weighted by atomic mass is 16.2. The van der Waals surface area contributed by atoms with Gasteiger partial charge < -0.3 is 10.6 Å². The van der Waals surface area contributed by atoms with Gasteiger partial charge >= 0.3 is 0 Å². The molecule has 0 aromatic heterocycles. The average molecular weight is 260 g/mol. The summed E-state index contributed by atoms with van der Waals surface area (Å²) in [5.74, 6) is -0.00397. The van der Waals surface area contributed by atoms with Crippen molar-refractivity contribution in [2.75, 3.05) is 6.54 Å². The standard InChI is InChI=1S/C15H20N2O2/c1-11-4-2-5-12(8-11)9-16-14(18)10-17-15(19)13-6-3-7-13/h2,4-5,8,13H,3,6-7,9-10H2,1H3,(H,16,18)(H,17,19). The molecule has 0 radical (unpaired) electrons. The molecule has 102 valence electrons. The Morgan fingerprint density at radius 2 is 2.05 bits per heavy atom. The minimum Gasteiger partial charge on any atom is -0.350 e. The molecule has 0 atom stereocenters. The number of amides is 2. The van der Waals surface area contributed by atoms with Gasteiger partial charge in [-0.2, -0.15) is 0 Å².